The summed E-state index contributed by atoms with van der Waals surface area (Å²) in [6.07, 6.45) is -0.502. The molecule has 0 aliphatic carbocycles. The molecule has 4 heteroatoms. The van der Waals surface area contributed by atoms with Gasteiger partial charge in [-0.3, -0.25) is 4.79 Å². The second kappa shape index (κ2) is 7.04. The van der Waals surface area contributed by atoms with Gasteiger partial charge in [0.05, 0.1) is 12.6 Å². The maximum Gasteiger partial charge on any atom is 0.249 e. The molecule has 0 saturated carbocycles. The van der Waals surface area contributed by atoms with E-state index in [0.29, 0.717) is 6.61 Å². The number of carbonyl (C=O) groups excluding carboxylic acids is 1. The Hall–Kier alpha value is -1.39. The molecule has 1 aromatic rings. The highest BCUT2D eigenvalue weighted by molar-refractivity contribution is 5.80. The van der Waals surface area contributed by atoms with E-state index < -0.39 is 6.10 Å². The Bertz CT molecular complexity index is 340. The molecule has 0 saturated heterocycles. The van der Waals surface area contributed by atoms with Crippen LogP contribution in [0.3, 0.4) is 0 Å². The first kappa shape index (κ1) is 13.7. The Kier molecular flexibility index (Phi) is 5.66. The van der Waals surface area contributed by atoms with Gasteiger partial charge in [-0.2, -0.15) is 0 Å². The zero-order chi connectivity index (χ0) is 12.7. The molecule has 4 nitrogen and oxygen atoms in total. The minimum absolute atomic E-state index is 0.130. The molecule has 0 bridgehead atoms. The third-order valence-electron chi connectivity index (χ3n) is 2.49. The summed E-state index contributed by atoms with van der Waals surface area (Å²) in [5.41, 5.74) is 0.882. The number of amides is 1. The number of ether oxygens (including phenoxy) is 1. The molecule has 0 fully saturated rings. The lowest BCUT2D eigenvalue weighted by Gasteiger charge is -2.19. The second-order valence-electron chi connectivity index (χ2n) is 3.75. The van der Waals surface area contributed by atoms with E-state index >= 15 is 0 Å². The van der Waals surface area contributed by atoms with Crippen LogP contribution in [-0.2, 0) is 9.53 Å². The zero-order valence-corrected chi connectivity index (χ0v) is 10.2. The third-order valence-corrected chi connectivity index (χ3v) is 2.49. The van der Waals surface area contributed by atoms with E-state index in [2.05, 4.69) is 5.32 Å². The van der Waals surface area contributed by atoms with Crippen LogP contribution in [0.2, 0.25) is 0 Å². The molecule has 1 unspecified atom stereocenters. The predicted octanol–water partition coefficient (Wildman–Crippen LogP) is 1.26. The van der Waals surface area contributed by atoms with Gasteiger partial charge in [0, 0.05) is 6.61 Å². The molecular formula is C13H19NO3. The van der Waals surface area contributed by atoms with Crippen LogP contribution in [-0.4, -0.2) is 30.3 Å². The number of rotatable bonds is 6. The van der Waals surface area contributed by atoms with Gasteiger partial charge in [-0.25, -0.2) is 0 Å². The highest BCUT2D eigenvalue weighted by atomic mass is 16.5. The van der Waals surface area contributed by atoms with E-state index in [0.717, 1.165) is 5.56 Å². The van der Waals surface area contributed by atoms with Crippen molar-refractivity contribution in [1.29, 1.82) is 0 Å². The van der Waals surface area contributed by atoms with Crippen LogP contribution in [0.4, 0.5) is 0 Å². The molecule has 1 rings (SSSR count). The molecule has 0 aromatic heterocycles. The van der Waals surface area contributed by atoms with Crippen LogP contribution in [0.1, 0.15) is 25.5 Å². The number of carbonyl (C=O) groups is 1. The van der Waals surface area contributed by atoms with E-state index in [9.17, 15) is 9.90 Å². The molecule has 0 aliphatic heterocycles. The largest absolute Gasteiger partial charge is 0.394 e. The van der Waals surface area contributed by atoms with Crippen LogP contribution in [0.15, 0.2) is 30.3 Å². The molecule has 0 aliphatic rings. The fraction of sp³-hybridized carbons (Fsp3) is 0.462. The topological polar surface area (TPSA) is 58.6 Å². The van der Waals surface area contributed by atoms with Gasteiger partial charge in [-0.05, 0) is 19.4 Å². The highest BCUT2D eigenvalue weighted by Gasteiger charge is 2.18. The monoisotopic (exact) mass is 237 g/mol. The van der Waals surface area contributed by atoms with Crippen LogP contribution in [0.25, 0.3) is 0 Å². The normalized spacial score (nSPS) is 14.1. The number of benzene rings is 1. The standard InChI is InChI=1S/C13H19NO3/c1-3-17-10(2)13(16)14-12(9-15)11-7-5-4-6-8-11/h4-8,10,12,15H,3,9H2,1-2H3,(H,14,16)/t10?,12-/m1/s1. The van der Waals surface area contributed by atoms with Gasteiger partial charge in [0.1, 0.15) is 6.10 Å². The average molecular weight is 237 g/mol. The van der Waals surface area contributed by atoms with Crippen molar-refractivity contribution < 1.29 is 14.6 Å². The SMILES string of the molecule is CCOC(C)C(=O)N[C@H](CO)c1ccccc1. The first-order chi connectivity index (χ1) is 8.19. The van der Waals surface area contributed by atoms with Gasteiger partial charge in [0.15, 0.2) is 0 Å². The summed E-state index contributed by atoms with van der Waals surface area (Å²) in [6, 6.07) is 8.99. The number of aliphatic hydroxyl groups is 1. The first-order valence-corrected chi connectivity index (χ1v) is 5.76. The lowest BCUT2D eigenvalue weighted by atomic mass is 10.1. The first-order valence-electron chi connectivity index (χ1n) is 5.76. The molecule has 1 amide bonds. The molecule has 0 heterocycles. The van der Waals surface area contributed by atoms with Gasteiger partial charge >= 0.3 is 0 Å². The van der Waals surface area contributed by atoms with E-state index in [4.69, 9.17) is 4.74 Å². The minimum atomic E-state index is -0.502. The molecule has 0 radical (unpaired) electrons. The van der Waals surface area contributed by atoms with Crippen molar-refractivity contribution >= 4 is 5.91 Å². The minimum Gasteiger partial charge on any atom is -0.394 e. The Morgan fingerprint density at radius 3 is 2.59 bits per heavy atom. The summed E-state index contributed by atoms with van der Waals surface area (Å²) in [5, 5.41) is 12.0. The lowest BCUT2D eigenvalue weighted by Crippen LogP contribution is -2.38. The molecule has 0 spiro atoms. The van der Waals surface area contributed by atoms with E-state index in [1.54, 1.807) is 6.92 Å². The van der Waals surface area contributed by atoms with Crippen molar-refractivity contribution in [1.82, 2.24) is 5.32 Å². The van der Waals surface area contributed by atoms with Crippen molar-refractivity contribution in [2.24, 2.45) is 0 Å². The molecule has 94 valence electrons. The van der Waals surface area contributed by atoms with Crippen LogP contribution in [0, 0.1) is 0 Å². The van der Waals surface area contributed by atoms with Crippen molar-refractivity contribution in [3.8, 4) is 0 Å². The van der Waals surface area contributed by atoms with Crippen molar-refractivity contribution in [2.75, 3.05) is 13.2 Å². The van der Waals surface area contributed by atoms with E-state index in [1.807, 2.05) is 37.3 Å². The summed E-state index contributed by atoms with van der Waals surface area (Å²) in [7, 11) is 0. The second-order valence-corrected chi connectivity index (χ2v) is 3.75. The van der Waals surface area contributed by atoms with E-state index in [-0.39, 0.29) is 18.6 Å². The number of hydrogen-bond acceptors (Lipinski definition) is 3. The lowest BCUT2D eigenvalue weighted by molar-refractivity contribution is -0.132. The van der Waals surface area contributed by atoms with Gasteiger partial charge in [-0.15, -0.1) is 0 Å². The number of hydrogen-bond donors (Lipinski definition) is 2. The van der Waals surface area contributed by atoms with Crippen LogP contribution in [0.5, 0.6) is 0 Å². The maximum atomic E-state index is 11.7. The summed E-state index contributed by atoms with van der Waals surface area (Å²) in [4.78, 5) is 11.7. The number of aliphatic hydroxyl groups excluding tert-OH is 1. The average Bonchev–Trinajstić information content (AvgIpc) is 2.37. The van der Waals surface area contributed by atoms with Gasteiger partial charge in [0.25, 0.3) is 0 Å². The fourth-order valence-electron chi connectivity index (χ4n) is 1.53. The highest BCUT2D eigenvalue weighted by Crippen LogP contribution is 2.11. The van der Waals surface area contributed by atoms with Crippen molar-refractivity contribution in [2.45, 2.75) is 26.0 Å². The zero-order valence-electron chi connectivity index (χ0n) is 10.2. The summed E-state index contributed by atoms with van der Waals surface area (Å²) < 4.78 is 5.19. The summed E-state index contributed by atoms with van der Waals surface area (Å²) in [6.45, 7) is 3.89. The van der Waals surface area contributed by atoms with Crippen LogP contribution >= 0.6 is 0 Å². The predicted molar refractivity (Wildman–Crippen MR) is 65.5 cm³/mol. The third kappa shape index (κ3) is 4.17. The van der Waals surface area contributed by atoms with E-state index in [1.165, 1.54) is 0 Å². The van der Waals surface area contributed by atoms with Crippen molar-refractivity contribution in [3.05, 3.63) is 35.9 Å². The Morgan fingerprint density at radius 2 is 2.06 bits per heavy atom. The summed E-state index contributed by atoms with van der Waals surface area (Å²) in [5.74, 6) is -0.213. The van der Waals surface area contributed by atoms with Crippen LogP contribution < -0.4 is 5.32 Å². The van der Waals surface area contributed by atoms with Gasteiger partial charge in [-0.1, -0.05) is 30.3 Å². The summed E-state index contributed by atoms with van der Waals surface area (Å²) >= 11 is 0. The molecule has 2 atom stereocenters. The van der Waals surface area contributed by atoms with Crippen molar-refractivity contribution in [3.63, 3.8) is 0 Å². The van der Waals surface area contributed by atoms with Gasteiger partial charge < -0.3 is 15.2 Å². The Morgan fingerprint density at radius 1 is 1.41 bits per heavy atom. The molecule has 2 N–H and O–H groups in total. The molecule has 1 aromatic carbocycles. The Balaban J connectivity index is 2.62. The quantitative estimate of drug-likeness (QED) is 0.783. The number of nitrogens with one attached hydrogen (secondary N) is 1. The molecular weight excluding hydrogens is 218 g/mol. The fourth-order valence-corrected chi connectivity index (χ4v) is 1.53. The smallest absolute Gasteiger partial charge is 0.249 e. The molecule has 17 heavy (non-hydrogen) atoms. The Labute approximate surface area is 102 Å². The maximum absolute atomic E-state index is 11.7. The van der Waals surface area contributed by atoms with Gasteiger partial charge in [0.2, 0.25) is 5.91 Å².